The molecule has 6 nitrogen and oxygen atoms in total. The minimum atomic E-state index is -0.700. The van der Waals surface area contributed by atoms with Crippen LogP contribution in [0.5, 0.6) is 0 Å². The zero-order valence-corrected chi connectivity index (χ0v) is 10.3. The number of hydrogen-bond acceptors (Lipinski definition) is 5. The number of nitro benzene ring substituents is 1. The van der Waals surface area contributed by atoms with E-state index >= 15 is 0 Å². The fourth-order valence-corrected chi connectivity index (χ4v) is 2.09. The lowest BCUT2D eigenvalue weighted by Gasteiger charge is -2.37. The van der Waals surface area contributed by atoms with Gasteiger partial charge in [-0.3, -0.25) is 10.1 Å². The summed E-state index contributed by atoms with van der Waals surface area (Å²) in [5, 5.41) is 23.0. The van der Waals surface area contributed by atoms with E-state index in [9.17, 15) is 19.6 Å². The maximum Gasteiger partial charge on any atom is 0.272 e. The number of benzene rings is 1. The Balaban J connectivity index is 2.20. The van der Waals surface area contributed by atoms with Crippen LogP contribution in [0.3, 0.4) is 0 Å². The molecule has 0 radical (unpaired) electrons. The zero-order valence-electron chi connectivity index (χ0n) is 10.3. The van der Waals surface area contributed by atoms with Crippen molar-refractivity contribution in [3.8, 4) is 0 Å². The fraction of sp³-hybridized carbons (Fsp3) is 0.500. The van der Waals surface area contributed by atoms with Crippen LogP contribution in [0, 0.1) is 15.9 Å². The summed E-state index contributed by atoms with van der Waals surface area (Å²) in [7, 11) is 0. The molecule has 1 fully saturated rings. The molecule has 2 rings (SSSR count). The Kier molecular flexibility index (Phi) is 3.96. The van der Waals surface area contributed by atoms with Gasteiger partial charge in [-0.25, -0.2) is 4.39 Å². The van der Waals surface area contributed by atoms with E-state index < -0.39 is 16.3 Å². The van der Waals surface area contributed by atoms with Crippen molar-refractivity contribution in [3.63, 3.8) is 0 Å². The van der Waals surface area contributed by atoms with E-state index in [0.717, 1.165) is 6.07 Å². The molecule has 1 aromatic rings. The highest BCUT2D eigenvalue weighted by molar-refractivity contribution is 5.52. The molecule has 0 unspecified atom stereocenters. The van der Waals surface area contributed by atoms with E-state index in [0.29, 0.717) is 26.1 Å². The molecule has 1 aliphatic rings. The monoisotopic (exact) mass is 270 g/mol. The first-order valence-corrected chi connectivity index (χ1v) is 5.97. The first-order chi connectivity index (χ1) is 9.06. The van der Waals surface area contributed by atoms with Gasteiger partial charge in [0.1, 0.15) is 0 Å². The number of ether oxygens (including phenoxy) is 1. The molecule has 0 saturated carbocycles. The highest BCUT2D eigenvalue weighted by atomic mass is 19.1. The van der Waals surface area contributed by atoms with Gasteiger partial charge in [0.05, 0.1) is 28.8 Å². The molecule has 0 atom stereocenters. The standard InChI is InChI=1S/C12H15FN2O4/c13-10-7-9(15(17)18)1-2-11(10)14-12(8-16)3-5-19-6-4-12/h1-2,7,14,16H,3-6,8H2. The van der Waals surface area contributed by atoms with Gasteiger partial charge in [0, 0.05) is 19.3 Å². The number of aliphatic hydroxyl groups excluding tert-OH is 1. The molecular formula is C12H15FN2O4. The third-order valence-corrected chi connectivity index (χ3v) is 3.32. The maximum absolute atomic E-state index is 13.8. The predicted octanol–water partition coefficient (Wildman–Crippen LogP) is 1.69. The summed E-state index contributed by atoms with van der Waals surface area (Å²) in [4.78, 5) is 9.89. The first-order valence-electron chi connectivity index (χ1n) is 5.97. The van der Waals surface area contributed by atoms with E-state index in [1.54, 1.807) is 0 Å². The van der Waals surface area contributed by atoms with Gasteiger partial charge >= 0.3 is 0 Å². The molecule has 0 bridgehead atoms. The van der Waals surface area contributed by atoms with Crippen molar-refractivity contribution in [2.24, 2.45) is 0 Å². The van der Waals surface area contributed by atoms with E-state index in [4.69, 9.17) is 4.74 Å². The predicted molar refractivity (Wildman–Crippen MR) is 66.5 cm³/mol. The summed E-state index contributed by atoms with van der Waals surface area (Å²) in [5.74, 6) is -0.700. The van der Waals surface area contributed by atoms with Crippen molar-refractivity contribution >= 4 is 11.4 Å². The summed E-state index contributed by atoms with van der Waals surface area (Å²) >= 11 is 0. The van der Waals surface area contributed by atoms with Crippen LogP contribution in [-0.2, 0) is 4.74 Å². The second-order valence-electron chi connectivity index (χ2n) is 4.60. The second kappa shape index (κ2) is 5.50. The molecule has 1 aromatic carbocycles. The van der Waals surface area contributed by atoms with Crippen LogP contribution in [-0.4, -0.2) is 35.4 Å². The molecule has 0 aliphatic carbocycles. The van der Waals surface area contributed by atoms with Crippen LogP contribution in [0.4, 0.5) is 15.8 Å². The molecule has 0 amide bonds. The van der Waals surface area contributed by atoms with Crippen molar-refractivity contribution in [2.75, 3.05) is 25.1 Å². The van der Waals surface area contributed by atoms with Crippen molar-refractivity contribution in [1.82, 2.24) is 0 Å². The molecule has 7 heteroatoms. The Bertz CT molecular complexity index is 475. The number of hydrogen-bond donors (Lipinski definition) is 2. The average molecular weight is 270 g/mol. The molecule has 0 aromatic heterocycles. The van der Waals surface area contributed by atoms with Crippen LogP contribution in [0.15, 0.2) is 18.2 Å². The van der Waals surface area contributed by atoms with Crippen LogP contribution < -0.4 is 5.32 Å². The lowest BCUT2D eigenvalue weighted by Crippen LogP contribution is -2.47. The van der Waals surface area contributed by atoms with Gasteiger partial charge in [0.25, 0.3) is 5.69 Å². The Labute approximate surface area is 109 Å². The first kappa shape index (κ1) is 13.7. The smallest absolute Gasteiger partial charge is 0.272 e. The number of halogens is 1. The van der Waals surface area contributed by atoms with E-state index in [1.807, 2.05) is 0 Å². The molecule has 2 N–H and O–H groups in total. The van der Waals surface area contributed by atoms with E-state index in [2.05, 4.69) is 5.32 Å². The lowest BCUT2D eigenvalue weighted by molar-refractivity contribution is -0.385. The third kappa shape index (κ3) is 2.99. The minimum absolute atomic E-state index is 0.146. The van der Waals surface area contributed by atoms with Gasteiger partial charge < -0.3 is 15.2 Å². The summed E-state index contributed by atoms with van der Waals surface area (Å²) in [6.45, 7) is 0.830. The molecule has 19 heavy (non-hydrogen) atoms. The number of rotatable bonds is 4. The van der Waals surface area contributed by atoms with Crippen LogP contribution in [0.1, 0.15) is 12.8 Å². The topological polar surface area (TPSA) is 84.6 Å². The Morgan fingerprint density at radius 2 is 2.16 bits per heavy atom. The van der Waals surface area contributed by atoms with Gasteiger partial charge in [-0.1, -0.05) is 0 Å². The summed E-state index contributed by atoms with van der Waals surface area (Å²) < 4.78 is 19.0. The molecule has 1 aliphatic heterocycles. The maximum atomic E-state index is 13.8. The van der Waals surface area contributed by atoms with Crippen molar-refractivity contribution in [3.05, 3.63) is 34.1 Å². The molecule has 1 saturated heterocycles. The zero-order chi connectivity index (χ0) is 13.9. The fourth-order valence-electron chi connectivity index (χ4n) is 2.09. The summed E-state index contributed by atoms with van der Waals surface area (Å²) in [6.07, 6.45) is 1.11. The average Bonchev–Trinajstić information content (AvgIpc) is 2.42. The molecule has 0 spiro atoms. The van der Waals surface area contributed by atoms with Gasteiger partial charge in [-0.05, 0) is 18.9 Å². The lowest BCUT2D eigenvalue weighted by atomic mass is 9.90. The molecule has 104 valence electrons. The van der Waals surface area contributed by atoms with Gasteiger partial charge in [-0.2, -0.15) is 0 Å². The number of aliphatic hydroxyl groups is 1. The van der Waals surface area contributed by atoms with Crippen molar-refractivity contribution in [2.45, 2.75) is 18.4 Å². The minimum Gasteiger partial charge on any atom is -0.394 e. The SMILES string of the molecule is O=[N+]([O-])c1ccc(NC2(CO)CCOCC2)c(F)c1. The highest BCUT2D eigenvalue weighted by Crippen LogP contribution is 2.28. The summed E-state index contributed by atoms with van der Waals surface area (Å²) in [6, 6.07) is 3.42. The number of anilines is 1. The Morgan fingerprint density at radius 3 is 2.68 bits per heavy atom. The van der Waals surface area contributed by atoms with E-state index in [-0.39, 0.29) is 18.0 Å². The highest BCUT2D eigenvalue weighted by Gasteiger charge is 2.32. The number of nitrogens with zero attached hydrogens (tertiary/aromatic N) is 1. The second-order valence-corrected chi connectivity index (χ2v) is 4.60. The normalized spacial score (nSPS) is 18.0. The molecule has 1 heterocycles. The quantitative estimate of drug-likeness (QED) is 0.642. The number of nitrogens with one attached hydrogen (secondary N) is 1. The van der Waals surface area contributed by atoms with Crippen LogP contribution in [0.25, 0.3) is 0 Å². The van der Waals surface area contributed by atoms with Gasteiger partial charge in [-0.15, -0.1) is 0 Å². The van der Waals surface area contributed by atoms with Crippen molar-refractivity contribution in [1.29, 1.82) is 0 Å². The van der Waals surface area contributed by atoms with Crippen LogP contribution >= 0.6 is 0 Å². The van der Waals surface area contributed by atoms with Crippen molar-refractivity contribution < 1.29 is 19.2 Å². The van der Waals surface area contributed by atoms with Gasteiger partial charge in [0.15, 0.2) is 5.82 Å². The summed E-state index contributed by atoms with van der Waals surface area (Å²) in [5.41, 5.74) is -0.774. The van der Waals surface area contributed by atoms with E-state index in [1.165, 1.54) is 12.1 Å². The largest absolute Gasteiger partial charge is 0.394 e. The third-order valence-electron chi connectivity index (χ3n) is 3.32. The van der Waals surface area contributed by atoms with Crippen LogP contribution in [0.2, 0.25) is 0 Å². The van der Waals surface area contributed by atoms with Gasteiger partial charge in [0.2, 0.25) is 0 Å². The number of non-ortho nitro benzene ring substituents is 1. The Morgan fingerprint density at radius 1 is 1.47 bits per heavy atom. The molecular weight excluding hydrogens is 255 g/mol. The number of nitro groups is 1. The Hall–Kier alpha value is -1.73.